The van der Waals surface area contributed by atoms with Crippen molar-refractivity contribution in [1.82, 2.24) is 4.90 Å². The van der Waals surface area contributed by atoms with E-state index in [2.05, 4.69) is 4.90 Å². The predicted molar refractivity (Wildman–Crippen MR) is 74.8 cm³/mol. The van der Waals surface area contributed by atoms with Crippen LogP contribution < -0.4 is 5.73 Å². The van der Waals surface area contributed by atoms with Crippen LogP contribution in [0.15, 0.2) is 24.3 Å². The van der Waals surface area contributed by atoms with Crippen LogP contribution in [0.3, 0.4) is 0 Å². The quantitative estimate of drug-likeness (QED) is 0.933. The number of benzene rings is 1. The summed E-state index contributed by atoms with van der Waals surface area (Å²) >= 11 is 0. The Balaban J connectivity index is 2.25. The van der Waals surface area contributed by atoms with Crippen molar-refractivity contribution in [3.05, 3.63) is 35.4 Å². The van der Waals surface area contributed by atoms with E-state index in [1.54, 1.807) is 6.07 Å². The Labute approximate surface area is 122 Å². The van der Waals surface area contributed by atoms with E-state index < -0.39 is 11.7 Å². The van der Waals surface area contributed by atoms with Gasteiger partial charge in [0, 0.05) is 25.7 Å². The van der Waals surface area contributed by atoms with Gasteiger partial charge < -0.3 is 10.5 Å². The Morgan fingerprint density at radius 2 is 2.10 bits per heavy atom. The molecule has 1 fully saturated rings. The minimum absolute atomic E-state index is 0.226. The number of rotatable bonds is 3. The molecule has 0 amide bonds. The fraction of sp³-hybridized carbons (Fsp3) is 0.600. The van der Waals surface area contributed by atoms with Crippen LogP contribution in [-0.2, 0) is 10.9 Å². The average Bonchev–Trinajstić information content (AvgIpc) is 2.38. The molecule has 0 aromatic heterocycles. The topological polar surface area (TPSA) is 38.5 Å². The number of ether oxygens (including phenoxy) is 1. The van der Waals surface area contributed by atoms with E-state index in [0.29, 0.717) is 25.3 Å². The highest BCUT2D eigenvalue weighted by molar-refractivity contribution is 5.28. The largest absolute Gasteiger partial charge is 0.416 e. The monoisotopic (exact) mass is 302 g/mol. The third kappa shape index (κ3) is 3.96. The first-order chi connectivity index (χ1) is 9.73. The van der Waals surface area contributed by atoms with Crippen LogP contribution in [0.25, 0.3) is 0 Å². The maximum atomic E-state index is 12.8. The van der Waals surface area contributed by atoms with Gasteiger partial charge in [0.15, 0.2) is 0 Å². The summed E-state index contributed by atoms with van der Waals surface area (Å²) in [6.07, 6.45) is -4.33. The van der Waals surface area contributed by atoms with Crippen LogP contribution in [0.2, 0.25) is 0 Å². The van der Waals surface area contributed by atoms with E-state index in [9.17, 15) is 13.2 Å². The molecule has 0 saturated carbocycles. The number of hydrogen-bond donors (Lipinski definition) is 1. The van der Waals surface area contributed by atoms with Crippen LogP contribution in [0.1, 0.15) is 31.0 Å². The number of nitrogens with zero attached hydrogens (tertiary/aromatic N) is 1. The fourth-order valence-electron chi connectivity index (χ4n) is 2.74. The van der Waals surface area contributed by atoms with Crippen LogP contribution in [0, 0.1) is 0 Å². The molecule has 21 heavy (non-hydrogen) atoms. The molecule has 1 atom stereocenters. The molecule has 1 heterocycles. The van der Waals surface area contributed by atoms with Crippen molar-refractivity contribution in [3.8, 4) is 0 Å². The van der Waals surface area contributed by atoms with Crippen LogP contribution >= 0.6 is 0 Å². The molecule has 1 unspecified atom stereocenters. The van der Waals surface area contributed by atoms with Crippen LogP contribution in [0.4, 0.5) is 13.2 Å². The van der Waals surface area contributed by atoms with Crippen molar-refractivity contribution in [2.75, 3.05) is 26.2 Å². The molecule has 2 N–H and O–H groups in total. The van der Waals surface area contributed by atoms with Gasteiger partial charge in [-0.15, -0.1) is 0 Å². The van der Waals surface area contributed by atoms with Gasteiger partial charge in [0.25, 0.3) is 0 Å². The zero-order valence-electron chi connectivity index (χ0n) is 12.3. The summed E-state index contributed by atoms with van der Waals surface area (Å²) < 4.78 is 44.1. The van der Waals surface area contributed by atoms with E-state index >= 15 is 0 Å². The first kappa shape index (κ1) is 16.3. The molecular formula is C15H21F3N2O. The molecule has 1 aromatic carbocycles. The number of nitrogens with two attached hydrogens (primary N) is 1. The summed E-state index contributed by atoms with van der Waals surface area (Å²) in [5, 5.41) is 0. The van der Waals surface area contributed by atoms with Crippen molar-refractivity contribution in [2.45, 2.75) is 31.7 Å². The van der Waals surface area contributed by atoms with Crippen molar-refractivity contribution in [3.63, 3.8) is 0 Å². The highest BCUT2D eigenvalue weighted by Gasteiger charge is 2.34. The van der Waals surface area contributed by atoms with E-state index in [-0.39, 0.29) is 18.2 Å². The van der Waals surface area contributed by atoms with E-state index in [4.69, 9.17) is 10.5 Å². The summed E-state index contributed by atoms with van der Waals surface area (Å²) in [5.41, 5.74) is 5.48. The van der Waals surface area contributed by atoms with Crippen LogP contribution in [0.5, 0.6) is 0 Å². The van der Waals surface area contributed by atoms with Gasteiger partial charge in [-0.05, 0) is 31.5 Å². The molecule has 0 radical (unpaired) electrons. The molecule has 6 heteroatoms. The number of alkyl halides is 3. The van der Waals surface area contributed by atoms with Gasteiger partial charge in [0.1, 0.15) is 0 Å². The Kier molecular flexibility index (Phi) is 4.60. The van der Waals surface area contributed by atoms with Gasteiger partial charge >= 0.3 is 6.18 Å². The van der Waals surface area contributed by atoms with Gasteiger partial charge in [-0.2, -0.15) is 13.2 Å². The maximum Gasteiger partial charge on any atom is 0.416 e. The molecule has 0 aliphatic carbocycles. The van der Waals surface area contributed by atoms with E-state index in [1.807, 2.05) is 13.8 Å². The van der Waals surface area contributed by atoms with Gasteiger partial charge in [-0.25, -0.2) is 0 Å². The molecule has 3 nitrogen and oxygen atoms in total. The summed E-state index contributed by atoms with van der Waals surface area (Å²) in [6.45, 7) is 6.09. The molecular weight excluding hydrogens is 281 g/mol. The first-order valence-corrected chi connectivity index (χ1v) is 6.98. The predicted octanol–water partition coefficient (Wildman–Crippen LogP) is 2.82. The second-order valence-electron chi connectivity index (χ2n) is 5.95. The highest BCUT2D eigenvalue weighted by atomic mass is 19.4. The second kappa shape index (κ2) is 5.94. The number of halogens is 3. The SMILES string of the molecule is CC1(C)CN(C(CN)c2cccc(C(F)(F)F)c2)CCO1. The minimum atomic E-state index is -4.33. The second-order valence-corrected chi connectivity index (χ2v) is 5.95. The maximum absolute atomic E-state index is 12.8. The van der Waals surface area contributed by atoms with Gasteiger partial charge in [-0.1, -0.05) is 12.1 Å². The number of morpholine rings is 1. The molecule has 0 bridgehead atoms. The molecule has 1 aromatic rings. The average molecular weight is 302 g/mol. The van der Waals surface area contributed by atoms with E-state index in [1.165, 1.54) is 12.1 Å². The summed E-state index contributed by atoms with van der Waals surface area (Å²) in [7, 11) is 0. The fourth-order valence-corrected chi connectivity index (χ4v) is 2.74. The normalized spacial score (nSPS) is 21.2. The molecule has 118 valence electrons. The summed E-state index contributed by atoms with van der Waals surface area (Å²) in [6, 6.07) is 5.19. The van der Waals surface area contributed by atoms with Crippen molar-refractivity contribution in [1.29, 1.82) is 0 Å². The van der Waals surface area contributed by atoms with Crippen molar-refractivity contribution in [2.24, 2.45) is 5.73 Å². The third-order valence-corrected chi connectivity index (χ3v) is 3.72. The lowest BCUT2D eigenvalue weighted by molar-refractivity contribution is -0.137. The smallest absolute Gasteiger partial charge is 0.373 e. The van der Waals surface area contributed by atoms with Crippen LogP contribution in [-0.4, -0.2) is 36.7 Å². The molecule has 1 saturated heterocycles. The Hall–Kier alpha value is -1.11. The van der Waals surface area contributed by atoms with E-state index in [0.717, 1.165) is 6.07 Å². The van der Waals surface area contributed by atoms with Gasteiger partial charge in [0.2, 0.25) is 0 Å². The Bertz CT molecular complexity index is 488. The lowest BCUT2D eigenvalue weighted by Gasteiger charge is -2.42. The van der Waals surface area contributed by atoms with Crippen molar-refractivity contribution < 1.29 is 17.9 Å². The van der Waals surface area contributed by atoms with Crippen molar-refractivity contribution >= 4 is 0 Å². The summed E-state index contributed by atoms with van der Waals surface area (Å²) in [4.78, 5) is 2.10. The first-order valence-electron chi connectivity index (χ1n) is 6.98. The molecule has 0 spiro atoms. The van der Waals surface area contributed by atoms with Gasteiger partial charge in [-0.3, -0.25) is 4.90 Å². The standard InChI is InChI=1S/C15H21F3N2O/c1-14(2)10-20(6-7-21-14)13(9-19)11-4-3-5-12(8-11)15(16,17)18/h3-5,8,13H,6-7,9-10,19H2,1-2H3. The molecule has 1 aliphatic heterocycles. The highest BCUT2D eigenvalue weighted by Crippen LogP contribution is 2.32. The lowest BCUT2D eigenvalue weighted by Crippen LogP contribution is -2.50. The summed E-state index contributed by atoms with van der Waals surface area (Å²) in [5.74, 6) is 0. The lowest BCUT2D eigenvalue weighted by atomic mass is 9.99. The zero-order valence-corrected chi connectivity index (χ0v) is 12.3. The Morgan fingerprint density at radius 1 is 1.38 bits per heavy atom. The number of hydrogen-bond acceptors (Lipinski definition) is 3. The van der Waals surface area contributed by atoms with Gasteiger partial charge in [0.05, 0.1) is 17.8 Å². The molecule has 2 rings (SSSR count). The molecule has 1 aliphatic rings. The third-order valence-electron chi connectivity index (χ3n) is 3.72. The minimum Gasteiger partial charge on any atom is -0.373 e. The Morgan fingerprint density at radius 3 is 2.67 bits per heavy atom. The zero-order chi connectivity index (χ0) is 15.7.